The van der Waals surface area contributed by atoms with Crippen molar-refractivity contribution in [3.8, 4) is 28.7 Å². The highest BCUT2D eigenvalue weighted by Crippen LogP contribution is 2.45. The molecule has 168 valence electrons. The molecule has 0 radical (unpaired) electrons. The molecule has 0 heterocycles. The summed E-state index contributed by atoms with van der Waals surface area (Å²) in [6.07, 6.45) is 0. The second-order valence-electron chi connectivity index (χ2n) is 8.20. The Balaban J connectivity index is 1.77. The third-order valence-corrected chi connectivity index (χ3v) is 5.84. The van der Waals surface area contributed by atoms with Gasteiger partial charge >= 0.3 is 0 Å². The Kier molecular flexibility index (Phi) is 5.88. The van der Waals surface area contributed by atoms with Gasteiger partial charge in [0.2, 0.25) is 0 Å². The van der Waals surface area contributed by atoms with Gasteiger partial charge in [-0.2, -0.15) is 0 Å². The largest absolute Gasteiger partial charge is 0.508 e. The van der Waals surface area contributed by atoms with Crippen LogP contribution in [0.25, 0.3) is 0 Å². The molecule has 4 aromatic carbocycles. The Morgan fingerprint density at radius 2 is 1.18 bits per heavy atom. The molecule has 0 saturated heterocycles. The fourth-order valence-electron chi connectivity index (χ4n) is 3.76. The van der Waals surface area contributed by atoms with Gasteiger partial charge in [0, 0.05) is 11.8 Å². The number of rotatable bonds is 5. The van der Waals surface area contributed by atoms with Crippen molar-refractivity contribution < 1.29 is 20.1 Å². The summed E-state index contributed by atoms with van der Waals surface area (Å²) in [5.74, 6) is 1.63. The van der Waals surface area contributed by atoms with Crippen LogP contribution in [-0.4, -0.2) is 15.3 Å². The zero-order valence-corrected chi connectivity index (χ0v) is 19.1. The molecule has 5 nitrogen and oxygen atoms in total. The minimum Gasteiger partial charge on any atom is -0.508 e. The van der Waals surface area contributed by atoms with Gasteiger partial charge in [0.05, 0.1) is 11.4 Å². The van der Waals surface area contributed by atoms with Gasteiger partial charge in [-0.05, 0) is 92.4 Å². The van der Waals surface area contributed by atoms with Gasteiger partial charge in [0.15, 0.2) is 0 Å². The number of phenolic OH excluding ortho intramolecular Hbond substituents is 3. The maximum absolute atomic E-state index is 10.8. The summed E-state index contributed by atoms with van der Waals surface area (Å²) >= 11 is 0. The van der Waals surface area contributed by atoms with E-state index in [0.29, 0.717) is 22.9 Å². The first-order chi connectivity index (χ1) is 15.8. The lowest BCUT2D eigenvalue weighted by atomic mass is 10.1. The number of nitrogens with zero attached hydrogens (tertiary/aromatic N) is 1. The second-order valence-corrected chi connectivity index (χ2v) is 8.20. The molecule has 33 heavy (non-hydrogen) atoms. The molecule has 0 aliphatic carbocycles. The van der Waals surface area contributed by atoms with E-state index < -0.39 is 0 Å². The van der Waals surface area contributed by atoms with E-state index in [1.54, 1.807) is 12.1 Å². The van der Waals surface area contributed by atoms with Crippen molar-refractivity contribution in [2.45, 2.75) is 27.7 Å². The zero-order valence-electron chi connectivity index (χ0n) is 19.1. The molecule has 0 spiro atoms. The summed E-state index contributed by atoms with van der Waals surface area (Å²) in [6.45, 7) is 7.54. The van der Waals surface area contributed by atoms with E-state index >= 15 is 0 Å². The molecule has 5 heteroatoms. The van der Waals surface area contributed by atoms with Gasteiger partial charge in [-0.15, -0.1) is 0 Å². The van der Waals surface area contributed by atoms with Crippen LogP contribution in [0, 0.1) is 27.7 Å². The summed E-state index contributed by atoms with van der Waals surface area (Å²) in [5, 5.41) is 31.6. The summed E-state index contributed by atoms with van der Waals surface area (Å²) < 4.78 is 6.03. The van der Waals surface area contributed by atoms with Gasteiger partial charge < -0.3 is 25.0 Å². The molecule has 0 aliphatic rings. The first-order valence-corrected chi connectivity index (χ1v) is 10.7. The van der Waals surface area contributed by atoms with Crippen LogP contribution >= 0.6 is 0 Å². The molecule has 0 fully saturated rings. The fraction of sp³-hybridized carbons (Fsp3) is 0.143. The average molecular weight is 442 g/mol. The van der Waals surface area contributed by atoms with E-state index in [4.69, 9.17) is 4.74 Å². The van der Waals surface area contributed by atoms with Crippen LogP contribution < -0.4 is 9.64 Å². The molecule has 0 aliphatic heterocycles. The van der Waals surface area contributed by atoms with E-state index in [1.165, 1.54) is 0 Å². The molecule has 0 amide bonds. The number of aromatic hydroxyl groups is 3. The third-order valence-electron chi connectivity index (χ3n) is 5.84. The topological polar surface area (TPSA) is 73.2 Å². The van der Waals surface area contributed by atoms with Crippen molar-refractivity contribution >= 4 is 17.1 Å². The van der Waals surface area contributed by atoms with Gasteiger partial charge in [-0.3, -0.25) is 0 Å². The summed E-state index contributed by atoms with van der Waals surface area (Å²) in [7, 11) is 0. The number of hydrogen-bond donors (Lipinski definition) is 3. The van der Waals surface area contributed by atoms with Crippen molar-refractivity contribution in [2.75, 3.05) is 4.90 Å². The molecule has 4 rings (SSSR count). The third kappa shape index (κ3) is 4.30. The molecular formula is C28H27NO4. The zero-order chi connectivity index (χ0) is 23.7. The van der Waals surface area contributed by atoms with Gasteiger partial charge in [-0.1, -0.05) is 24.3 Å². The van der Waals surface area contributed by atoms with Crippen molar-refractivity contribution in [3.05, 3.63) is 95.1 Å². The van der Waals surface area contributed by atoms with Crippen LogP contribution in [0.1, 0.15) is 22.3 Å². The summed E-state index contributed by atoms with van der Waals surface area (Å²) in [5.41, 5.74) is 5.23. The predicted molar refractivity (Wildman–Crippen MR) is 132 cm³/mol. The Labute approximate surface area is 193 Å². The number of benzene rings is 4. The SMILES string of the molecule is Cc1cc(O)cc(Oc2ccc(N(c3cccc(C)c3O)c3cccc(C)c3O)cc2)c1C. The number of anilines is 3. The molecular weight excluding hydrogens is 414 g/mol. The molecule has 0 atom stereocenters. The monoisotopic (exact) mass is 441 g/mol. The number of para-hydroxylation sites is 2. The van der Waals surface area contributed by atoms with Crippen molar-refractivity contribution in [3.63, 3.8) is 0 Å². The highest BCUT2D eigenvalue weighted by atomic mass is 16.5. The lowest BCUT2D eigenvalue weighted by molar-refractivity contribution is 0.452. The Bertz CT molecular complexity index is 1260. The Hall–Kier alpha value is -4.12. The molecule has 0 unspecified atom stereocenters. The lowest BCUT2D eigenvalue weighted by Gasteiger charge is -2.28. The minimum atomic E-state index is 0.143. The quantitative estimate of drug-likeness (QED) is 0.303. The van der Waals surface area contributed by atoms with Crippen molar-refractivity contribution in [1.82, 2.24) is 0 Å². The maximum atomic E-state index is 10.8. The van der Waals surface area contributed by atoms with E-state index in [0.717, 1.165) is 27.9 Å². The molecule has 4 aromatic rings. The standard InChI is InChI=1S/C28H27NO4/c1-17-7-5-9-24(27(17)31)29(25-10-6-8-18(2)28(25)32)21-11-13-23(14-12-21)33-26-16-22(30)15-19(3)20(26)4/h5-16,30-32H,1-4H3. The number of ether oxygens (including phenoxy) is 1. The van der Waals surface area contributed by atoms with Crippen LogP contribution in [0.5, 0.6) is 28.7 Å². The number of aryl methyl sites for hydroxylation is 3. The fourth-order valence-corrected chi connectivity index (χ4v) is 3.76. The van der Waals surface area contributed by atoms with Crippen LogP contribution in [0.4, 0.5) is 17.1 Å². The molecule has 0 saturated carbocycles. The van der Waals surface area contributed by atoms with Crippen LogP contribution in [-0.2, 0) is 0 Å². The van der Waals surface area contributed by atoms with E-state index in [2.05, 4.69) is 0 Å². The number of hydrogen-bond acceptors (Lipinski definition) is 5. The van der Waals surface area contributed by atoms with E-state index in [-0.39, 0.29) is 17.2 Å². The smallest absolute Gasteiger partial charge is 0.142 e. The van der Waals surface area contributed by atoms with E-state index in [9.17, 15) is 15.3 Å². The van der Waals surface area contributed by atoms with Crippen LogP contribution in [0.3, 0.4) is 0 Å². The average Bonchev–Trinajstić information content (AvgIpc) is 2.78. The molecule has 0 bridgehead atoms. The highest BCUT2D eigenvalue weighted by molar-refractivity contribution is 5.84. The predicted octanol–water partition coefficient (Wildman–Crippen LogP) is 7.30. The summed E-state index contributed by atoms with van der Waals surface area (Å²) in [6, 6.07) is 21.7. The number of phenols is 3. The molecule has 3 N–H and O–H groups in total. The van der Waals surface area contributed by atoms with Gasteiger partial charge in [0.25, 0.3) is 0 Å². The lowest BCUT2D eigenvalue weighted by Crippen LogP contribution is -2.11. The van der Waals surface area contributed by atoms with Crippen molar-refractivity contribution in [2.24, 2.45) is 0 Å². The first-order valence-electron chi connectivity index (χ1n) is 10.7. The molecule has 0 aromatic heterocycles. The van der Waals surface area contributed by atoms with Crippen LogP contribution in [0.15, 0.2) is 72.8 Å². The first kappa shape index (κ1) is 22.1. The summed E-state index contributed by atoms with van der Waals surface area (Å²) in [4.78, 5) is 1.82. The van der Waals surface area contributed by atoms with Gasteiger partial charge in [-0.25, -0.2) is 0 Å². The Morgan fingerprint density at radius 3 is 1.73 bits per heavy atom. The van der Waals surface area contributed by atoms with Crippen molar-refractivity contribution in [1.29, 1.82) is 0 Å². The van der Waals surface area contributed by atoms with Crippen LogP contribution in [0.2, 0.25) is 0 Å². The Morgan fingerprint density at radius 1 is 0.636 bits per heavy atom. The normalized spacial score (nSPS) is 10.8. The maximum Gasteiger partial charge on any atom is 0.142 e. The van der Waals surface area contributed by atoms with Gasteiger partial charge in [0.1, 0.15) is 28.7 Å². The minimum absolute atomic E-state index is 0.143. The second kappa shape index (κ2) is 8.79. The highest BCUT2D eigenvalue weighted by Gasteiger charge is 2.20. The van der Waals surface area contributed by atoms with E-state index in [1.807, 2.05) is 93.3 Å².